The molecule has 13 heteroatoms. The van der Waals surface area contributed by atoms with E-state index in [1.54, 1.807) is 34.6 Å². The molecular formula is C26H32F2N6O4S. The van der Waals surface area contributed by atoms with Crippen LogP contribution < -0.4 is 9.64 Å². The van der Waals surface area contributed by atoms with E-state index in [0.717, 1.165) is 25.7 Å². The van der Waals surface area contributed by atoms with Crippen LogP contribution in [-0.4, -0.2) is 83.5 Å². The lowest BCUT2D eigenvalue weighted by Crippen LogP contribution is -2.39. The predicted molar refractivity (Wildman–Crippen MR) is 141 cm³/mol. The molecule has 1 aromatic carbocycles. The molecule has 0 amide bonds. The summed E-state index contributed by atoms with van der Waals surface area (Å²) in [4.78, 5) is 15.4. The molecule has 6 rings (SSSR count). The molecule has 2 saturated heterocycles. The van der Waals surface area contributed by atoms with Crippen molar-refractivity contribution >= 4 is 27.0 Å². The molecule has 1 saturated carbocycles. The Labute approximate surface area is 226 Å². The van der Waals surface area contributed by atoms with Crippen molar-refractivity contribution in [3.8, 4) is 11.7 Å². The summed E-state index contributed by atoms with van der Waals surface area (Å²) in [7, 11) is -3.12. The number of hydrogen-bond donors (Lipinski definition) is 0. The fourth-order valence-electron chi connectivity index (χ4n) is 5.80. The zero-order valence-electron chi connectivity index (χ0n) is 21.6. The summed E-state index contributed by atoms with van der Waals surface area (Å²) in [6.07, 6.45) is 1.23. The van der Waals surface area contributed by atoms with Crippen molar-refractivity contribution in [1.29, 1.82) is 0 Å². The van der Waals surface area contributed by atoms with E-state index in [0.29, 0.717) is 68.7 Å². The van der Waals surface area contributed by atoms with Gasteiger partial charge in [0.25, 0.3) is 6.43 Å². The maximum Gasteiger partial charge on any atom is 0.296 e. The highest BCUT2D eigenvalue weighted by molar-refractivity contribution is 7.89. The number of para-hydroxylation sites is 2. The standard InChI is InChI=1S/C26H32F2N6O4S/c27-24(28)25-29-20-4-1-2-5-21(20)34(25)22-16-23(31-26(30-22)32-11-13-37-14-12-32)38-17-18-6-8-19(9-7-18)33-10-3-15-39(33,35)36/h1-2,4-5,16,18-19,24H,3,6-15,17H2/t18-,19-. The van der Waals surface area contributed by atoms with E-state index in [1.807, 2.05) is 4.90 Å². The van der Waals surface area contributed by atoms with Crippen LogP contribution >= 0.6 is 0 Å². The molecule has 39 heavy (non-hydrogen) atoms. The van der Waals surface area contributed by atoms with Crippen LogP contribution in [0.1, 0.15) is 44.4 Å². The minimum Gasteiger partial charge on any atom is -0.477 e. The van der Waals surface area contributed by atoms with Crippen LogP contribution in [0.15, 0.2) is 30.3 Å². The summed E-state index contributed by atoms with van der Waals surface area (Å²) in [6.45, 7) is 3.24. The molecule has 4 heterocycles. The van der Waals surface area contributed by atoms with Gasteiger partial charge in [-0.05, 0) is 50.2 Å². The second-order valence-electron chi connectivity index (χ2n) is 10.3. The van der Waals surface area contributed by atoms with E-state index in [-0.39, 0.29) is 29.4 Å². The minimum absolute atomic E-state index is 0.0645. The van der Waals surface area contributed by atoms with Crippen LogP contribution in [0.4, 0.5) is 14.7 Å². The molecule has 0 spiro atoms. The van der Waals surface area contributed by atoms with Crippen LogP contribution in [0.2, 0.25) is 0 Å². The number of benzene rings is 1. The molecule has 1 aliphatic carbocycles. The predicted octanol–water partition coefficient (Wildman–Crippen LogP) is 3.56. The van der Waals surface area contributed by atoms with Gasteiger partial charge in [0.05, 0.1) is 36.6 Å². The summed E-state index contributed by atoms with van der Waals surface area (Å²) in [5, 5.41) is 0. The van der Waals surface area contributed by atoms with Crippen LogP contribution in [0.3, 0.4) is 0 Å². The third-order valence-corrected chi connectivity index (χ3v) is 9.81. The number of imidazole rings is 1. The Morgan fingerprint density at radius 3 is 2.51 bits per heavy atom. The number of ether oxygens (including phenoxy) is 2. The Hall–Kier alpha value is -2.90. The van der Waals surface area contributed by atoms with Crippen molar-refractivity contribution in [2.45, 2.75) is 44.6 Å². The van der Waals surface area contributed by atoms with Crippen LogP contribution in [0.25, 0.3) is 16.9 Å². The van der Waals surface area contributed by atoms with Gasteiger partial charge in [0.15, 0.2) is 5.82 Å². The van der Waals surface area contributed by atoms with Crippen molar-refractivity contribution in [1.82, 2.24) is 23.8 Å². The number of sulfonamides is 1. The Morgan fingerprint density at radius 2 is 1.79 bits per heavy atom. The second-order valence-corrected chi connectivity index (χ2v) is 12.4. The molecule has 210 valence electrons. The lowest BCUT2D eigenvalue weighted by molar-refractivity contribution is 0.121. The largest absolute Gasteiger partial charge is 0.477 e. The lowest BCUT2D eigenvalue weighted by atomic mass is 9.86. The van der Waals surface area contributed by atoms with Gasteiger partial charge >= 0.3 is 0 Å². The van der Waals surface area contributed by atoms with Gasteiger partial charge in [-0.15, -0.1) is 0 Å². The molecular weight excluding hydrogens is 530 g/mol. The van der Waals surface area contributed by atoms with Gasteiger partial charge in [-0.2, -0.15) is 14.3 Å². The first-order valence-electron chi connectivity index (χ1n) is 13.5. The first kappa shape index (κ1) is 26.3. The second kappa shape index (κ2) is 10.9. The number of aromatic nitrogens is 4. The smallest absolute Gasteiger partial charge is 0.296 e. The Balaban J connectivity index is 1.24. The third kappa shape index (κ3) is 5.44. The highest BCUT2D eigenvalue weighted by Gasteiger charge is 2.36. The molecule has 2 aromatic heterocycles. The topological polar surface area (TPSA) is 103 Å². The minimum atomic E-state index is -3.12. The zero-order chi connectivity index (χ0) is 27.0. The monoisotopic (exact) mass is 562 g/mol. The van der Waals surface area contributed by atoms with Gasteiger partial charge in [0, 0.05) is 31.7 Å². The summed E-state index contributed by atoms with van der Waals surface area (Å²) < 4.78 is 67.4. The van der Waals surface area contributed by atoms with Crippen molar-refractivity contribution < 1.29 is 26.7 Å². The van der Waals surface area contributed by atoms with Crippen molar-refractivity contribution in [3.05, 3.63) is 36.2 Å². The molecule has 0 atom stereocenters. The van der Waals surface area contributed by atoms with Crippen LogP contribution in [0, 0.1) is 5.92 Å². The summed E-state index contributed by atoms with van der Waals surface area (Å²) >= 11 is 0. The van der Waals surface area contributed by atoms with Gasteiger partial charge < -0.3 is 14.4 Å². The molecule has 2 aliphatic heterocycles. The molecule has 0 N–H and O–H groups in total. The Kier molecular flexibility index (Phi) is 7.38. The van der Waals surface area contributed by atoms with Crippen molar-refractivity contribution in [2.75, 3.05) is 50.1 Å². The first-order chi connectivity index (χ1) is 18.9. The highest BCUT2D eigenvalue weighted by atomic mass is 32.2. The number of alkyl halides is 2. The number of anilines is 1. The Morgan fingerprint density at radius 1 is 1.03 bits per heavy atom. The Bertz CT molecular complexity index is 1420. The molecule has 0 radical (unpaired) electrons. The van der Waals surface area contributed by atoms with Gasteiger partial charge in [0.1, 0.15) is 5.82 Å². The third-order valence-electron chi connectivity index (χ3n) is 7.81. The zero-order valence-corrected chi connectivity index (χ0v) is 22.4. The summed E-state index contributed by atoms with van der Waals surface area (Å²) in [5.41, 5.74) is 0.985. The maximum absolute atomic E-state index is 14.1. The van der Waals surface area contributed by atoms with Crippen LogP contribution in [0.5, 0.6) is 5.88 Å². The fraction of sp³-hybridized carbons (Fsp3) is 0.577. The van der Waals surface area contributed by atoms with Gasteiger partial charge in [-0.25, -0.2) is 22.2 Å². The highest BCUT2D eigenvalue weighted by Crippen LogP contribution is 2.33. The first-order valence-corrected chi connectivity index (χ1v) is 15.1. The average Bonchev–Trinajstić information content (AvgIpc) is 3.52. The van der Waals surface area contributed by atoms with Crippen molar-refractivity contribution in [2.24, 2.45) is 5.92 Å². The number of hydrogen-bond acceptors (Lipinski definition) is 8. The molecule has 0 bridgehead atoms. The van der Waals surface area contributed by atoms with E-state index < -0.39 is 16.4 Å². The number of nitrogens with zero attached hydrogens (tertiary/aromatic N) is 6. The van der Waals surface area contributed by atoms with Gasteiger partial charge in [0.2, 0.25) is 21.9 Å². The van der Waals surface area contributed by atoms with Crippen molar-refractivity contribution in [3.63, 3.8) is 0 Å². The number of halogens is 2. The van der Waals surface area contributed by atoms with E-state index in [1.165, 1.54) is 4.57 Å². The molecule has 3 fully saturated rings. The number of morpholine rings is 1. The van der Waals surface area contributed by atoms with Gasteiger partial charge in [-0.1, -0.05) is 12.1 Å². The van der Waals surface area contributed by atoms with E-state index >= 15 is 0 Å². The van der Waals surface area contributed by atoms with Crippen LogP contribution in [-0.2, 0) is 14.8 Å². The quantitative estimate of drug-likeness (QED) is 0.431. The molecule has 3 aromatic rings. The SMILES string of the molecule is O=S1(=O)CCCN1[C@H]1CC[C@H](COc2cc(-n3c(C(F)F)nc4ccccc43)nc(N3CCOCC3)n2)CC1. The molecule has 3 aliphatic rings. The van der Waals surface area contributed by atoms with Gasteiger partial charge in [-0.3, -0.25) is 4.57 Å². The summed E-state index contributed by atoms with van der Waals surface area (Å²) in [5.74, 6) is 1.09. The number of fused-ring (bicyclic) bond motifs is 1. The average molecular weight is 563 g/mol. The molecule has 0 unspecified atom stereocenters. The van der Waals surface area contributed by atoms with E-state index in [2.05, 4.69) is 15.0 Å². The van der Waals surface area contributed by atoms with E-state index in [9.17, 15) is 17.2 Å². The maximum atomic E-state index is 14.1. The number of rotatable bonds is 7. The lowest BCUT2D eigenvalue weighted by Gasteiger charge is -2.33. The summed E-state index contributed by atoms with van der Waals surface area (Å²) in [6, 6.07) is 8.63. The normalized spacial score (nSPS) is 24.0. The molecule has 10 nitrogen and oxygen atoms in total. The van der Waals surface area contributed by atoms with E-state index in [4.69, 9.17) is 9.47 Å². The fourth-order valence-corrected chi connectivity index (χ4v) is 7.60.